The lowest BCUT2D eigenvalue weighted by atomic mass is 10.2. The lowest BCUT2D eigenvalue weighted by Crippen LogP contribution is -2.25. The number of nitrogens with two attached hydrogens (primary N) is 1. The molecule has 1 aromatic heterocycles. The number of hydrogen-bond donors (Lipinski definition) is 1. The van der Waals surface area contributed by atoms with Crippen LogP contribution in [0.2, 0.25) is 0 Å². The lowest BCUT2D eigenvalue weighted by molar-refractivity contribution is 0.0781. The van der Waals surface area contributed by atoms with Crippen molar-refractivity contribution in [2.45, 2.75) is 18.6 Å². The second-order valence-electron chi connectivity index (χ2n) is 4.23. The molecular formula is C11H20N4O. The van der Waals surface area contributed by atoms with E-state index in [4.69, 9.17) is 10.5 Å². The summed E-state index contributed by atoms with van der Waals surface area (Å²) < 4.78 is 7.52. The molecule has 16 heavy (non-hydrogen) atoms. The maximum absolute atomic E-state index is 5.53. The van der Waals surface area contributed by atoms with E-state index in [0.717, 1.165) is 32.6 Å². The zero-order valence-corrected chi connectivity index (χ0v) is 9.75. The minimum atomic E-state index is 0.234. The van der Waals surface area contributed by atoms with Gasteiger partial charge in [-0.05, 0) is 25.6 Å². The van der Waals surface area contributed by atoms with Crippen LogP contribution in [0.15, 0.2) is 18.5 Å². The summed E-state index contributed by atoms with van der Waals surface area (Å²) in [5.74, 6) is 0. The van der Waals surface area contributed by atoms with Crippen molar-refractivity contribution in [3.05, 3.63) is 18.5 Å². The molecule has 2 heterocycles. The van der Waals surface area contributed by atoms with Crippen molar-refractivity contribution in [2.24, 2.45) is 5.73 Å². The Morgan fingerprint density at radius 1 is 1.50 bits per heavy atom. The van der Waals surface area contributed by atoms with Crippen LogP contribution in [-0.4, -0.2) is 54.1 Å². The second-order valence-corrected chi connectivity index (χ2v) is 4.23. The van der Waals surface area contributed by atoms with Crippen LogP contribution < -0.4 is 5.73 Å². The molecule has 90 valence electrons. The molecule has 0 unspecified atom stereocenters. The minimum absolute atomic E-state index is 0.234. The molecule has 0 saturated carbocycles. The van der Waals surface area contributed by atoms with Gasteiger partial charge >= 0.3 is 0 Å². The van der Waals surface area contributed by atoms with Crippen LogP contribution in [-0.2, 0) is 4.74 Å². The molecule has 0 radical (unpaired) electrons. The molecule has 2 atom stereocenters. The van der Waals surface area contributed by atoms with Gasteiger partial charge in [0.25, 0.3) is 0 Å². The molecule has 2 N–H and O–H groups in total. The van der Waals surface area contributed by atoms with Crippen LogP contribution in [0.25, 0.3) is 0 Å². The van der Waals surface area contributed by atoms with Gasteiger partial charge in [0.15, 0.2) is 0 Å². The number of aromatic nitrogens is 2. The summed E-state index contributed by atoms with van der Waals surface area (Å²) in [5.41, 5.74) is 5.53. The van der Waals surface area contributed by atoms with Gasteiger partial charge in [0.1, 0.15) is 0 Å². The molecule has 5 heteroatoms. The van der Waals surface area contributed by atoms with Crippen molar-refractivity contribution in [1.29, 1.82) is 0 Å². The van der Waals surface area contributed by atoms with Gasteiger partial charge in [0, 0.05) is 32.6 Å². The third-order valence-corrected chi connectivity index (χ3v) is 3.16. The quantitative estimate of drug-likeness (QED) is 0.771. The summed E-state index contributed by atoms with van der Waals surface area (Å²) in [6, 6.07) is 2.28. The standard InChI is InChI=1S/C11H20N4O/c1-16-11-9-14(6-2-4-12)8-10(11)15-7-3-5-13-15/h3,5,7,10-11H,2,4,6,8-9,12H2,1H3/t10-,11+/m0/s1. The molecular weight excluding hydrogens is 204 g/mol. The van der Waals surface area contributed by atoms with Crippen molar-refractivity contribution in [3.8, 4) is 0 Å². The molecule has 0 bridgehead atoms. The number of ether oxygens (including phenoxy) is 1. The Balaban J connectivity index is 1.97. The summed E-state index contributed by atoms with van der Waals surface area (Å²) in [5, 5.41) is 4.30. The first-order valence-corrected chi connectivity index (χ1v) is 5.79. The highest BCUT2D eigenvalue weighted by molar-refractivity contribution is 4.92. The minimum Gasteiger partial charge on any atom is -0.378 e. The first-order valence-electron chi connectivity index (χ1n) is 5.79. The van der Waals surface area contributed by atoms with E-state index < -0.39 is 0 Å². The van der Waals surface area contributed by atoms with Gasteiger partial charge in [0.2, 0.25) is 0 Å². The first kappa shape index (κ1) is 11.6. The van der Waals surface area contributed by atoms with E-state index in [1.165, 1.54) is 0 Å². The second kappa shape index (κ2) is 5.43. The van der Waals surface area contributed by atoms with Crippen molar-refractivity contribution in [3.63, 3.8) is 0 Å². The van der Waals surface area contributed by atoms with Gasteiger partial charge < -0.3 is 10.5 Å². The summed E-state index contributed by atoms with van der Waals surface area (Å²) in [6.07, 6.45) is 5.10. The maximum Gasteiger partial charge on any atom is 0.0934 e. The van der Waals surface area contributed by atoms with E-state index in [9.17, 15) is 0 Å². The molecule has 2 rings (SSSR count). The van der Waals surface area contributed by atoms with E-state index in [1.54, 1.807) is 7.11 Å². The van der Waals surface area contributed by atoms with Crippen LogP contribution in [0.3, 0.4) is 0 Å². The smallest absolute Gasteiger partial charge is 0.0934 e. The molecule has 0 aromatic carbocycles. The number of rotatable bonds is 5. The highest BCUT2D eigenvalue weighted by Gasteiger charge is 2.33. The highest BCUT2D eigenvalue weighted by Crippen LogP contribution is 2.23. The Morgan fingerprint density at radius 3 is 3.00 bits per heavy atom. The molecule has 1 fully saturated rings. The Morgan fingerprint density at radius 2 is 2.38 bits per heavy atom. The highest BCUT2D eigenvalue weighted by atomic mass is 16.5. The molecule has 1 aromatic rings. The molecule has 1 aliphatic rings. The monoisotopic (exact) mass is 224 g/mol. The summed E-state index contributed by atoms with van der Waals surface area (Å²) >= 11 is 0. The number of hydrogen-bond acceptors (Lipinski definition) is 4. The fraction of sp³-hybridized carbons (Fsp3) is 0.727. The summed E-state index contributed by atoms with van der Waals surface area (Å²) in [7, 11) is 1.77. The van der Waals surface area contributed by atoms with Crippen LogP contribution >= 0.6 is 0 Å². The number of nitrogens with zero attached hydrogens (tertiary/aromatic N) is 3. The number of methoxy groups -OCH3 is 1. The van der Waals surface area contributed by atoms with Gasteiger partial charge in [-0.2, -0.15) is 5.10 Å². The summed E-state index contributed by atoms with van der Waals surface area (Å²) in [4.78, 5) is 2.40. The zero-order valence-electron chi connectivity index (χ0n) is 9.75. The van der Waals surface area contributed by atoms with Crippen LogP contribution in [0, 0.1) is 0 Å². The average molecular weight is 224 g/mol. The fourth-order valence-electron chi connectivity index (χ4n) is 2.29. The van der Waals surface area contributed by atoms with E-state index in [0.29, 0.717) is 6.04 Å². The molecule has 0 aliphatic carbocycles. The average Bonchev–Trinajstić information content (AvgIpc) is 2.94. The zero-order chi connectivity index (χ0) is 11.4. The Bertz CT molecular complexity index is 301. The molecule has 5 nitrogen and oxygen atoms in total. The van der Waals surface area contributed by atoms with Gasteiger partial charge in [0.05, 0.1) is 12.1 Å². The van der Waals surface area contributed by atoms with E-state index in [-0.39, 0.29) is 6.10 Å². The lowest BCUT2D eigenvalue weighted by Gasteiger charge is -2.16. The van der Waals surface area contributed by atoms with Gasteiger partial charge in [-0.15, -0.1) is 0 Å². The Kier molecular flexibility index (Phi) is 3.93. The summed E-state index contributed by atoms with van der Waals surface area (Å²) in [6.45, 7) is 3.77. The molecule has 0 spiro atoms. The normalized spacial score (nSPS) is 26.4. The van der Waals surface area contributed by atoms with Gasteiger partial charge in [-0.3, -0.25) is 9.58 Å². The molecule has 0 amide bonds. The number of likely N-dealkylation sites (tertiary alicyclic amines) is 1. The van der Waals surface area contributed by atoms with Gasteiger partial charge in [-0.25, -0.2) is 0 Å². The predicted octanol–water partition coefficient (Wildman–Crippen LogP) is 0.104. The van der Waals surface area contributed by atoms with Crippen LogP contribution in [0.4, 0.5) is 0 Å². The third-order valence-electron chi connectivity index (χ3n) is 3.16. The first-order chi connectivity index (χ1) is 7.85. The van der Waals surface area contributed by atoms with E-state index >= 15 is 0 Å². The molecule has 1 saturated heterocycles. The van der Waals surface area contributed by atoms with Crippen molar-refractivity contribution < 1.29 is 4.74 Å². The van der Waals surface area contributed by atoms with Gasteiger partial charge in [-0.1, -0.05) is 0 Å². The Labute approximate surface area is 96.2 Å². The largest absolute Gasteiger partial charge is 0.378 e. The van der Waals surface area contributed by atoms with E-state index in [1.807, 2.05) is 23.1 Å². The third kappa shape index (κ3) is 2.42. The van der Waals surface area contributed by atoms with Crippen LogP contribution in [0.5, 0.6) is 0 Å². The fourth-order valence-corrected chi connectivity index (χ4v) is 2.29. The van der Waals surface area contributed by atoms with Crippen molar-refractivity contribution in [1.82, 2.24) is 14.7 Å². The predicted molar refractivity (Wildman–Crippen MR) is 62.2 cm³/mol. The van der Waals surface area contributed by atoms with Crippen molar-refractivity contribution >= 4 is 0 Å². The Hall–Kier alpha value is -0.910. The molecule has 1 aliphatic heterocycles. The van der Waals surface area contributed by atoms with Crippen LogP contribution in [0.1, 0.15) is 12.5 Å². The van der Waals surface area contributed by atoms with E-state index in [2.05, 4.69) is 10.00 Å². The van der Waals surface area contributed by atoms with Crippen molar-refractivity contribution in [2.75, 3.05) is 33.3 Å². The SMILES string of the molecule is CO[C@@H]1CN(CCCN)C[C@@H]1n1cccn1. The topological polar surface area (TPSA) is 56.3 Å². The maximum atomic E-state index is 5.53.